The quantitative estimate of drug-likeness (QED) is 0.705. The highest BCUT2D eigenvalue weighted by Gasteiger charge is 2.33. The van der Waals surface area contributed by atoms with Crippen LogP contribution < -0.4 is 20.3 Å². The Morgan fingerprint density at radius 2 is 1.93 bits per heavy atom. The summed E-state index contributed by atoms with van der Waals surface area (Å²) < 4.78 is 11.1. The number of nitrogens with zero attached hydrogens (tertiary/aromatic N) is 3. The van der Waals surface area contributed by atoms with Crippen LogP contribution in [0.1, 0.15) is 12.1 Å². The third kappa shape index (κ3) is 5.27. The molecule has 0 aliphatic carbocycles. The second kappa shape index (κ2) is 9.88. The Labute approximate surface area is 177 Å². The van der Waals surface area contributed by atoms with Gasteiger partial charge in [0.25, 0.3) is 0 Å². The third-order valence-electron chi connectivity index (χ3n) is 5.57. The Kier molecular flexibility index (Phi) is 6.78. The van der Waals surface area contributed by atoms with Crippen LogP contribution in [0.15, 0.2) is 48.7 Å². The largest absolute Gasteiger partial charge is 0.497 e. The molecule has 4 rings (SSSR count). The van der Waals surface area contributed by atoms with Crippen LogP contribution in [0, 0.1) is 0 Å². The first-order chi connectivity index (χ1) is 14.7. The van der Waals surface area contributed by atoms with E-state index in [1.54, 1.807) is 7.11 Å². The number of hydrazine groups is 1. The van der Waals surface area contributed by atoms with Crippen LogP contribution in [-0.2, 0) is 11.3 Å². The van der Waals surface area contributed by atoms with Gasteiger partial charge in [-0.05, 0) is 30.7 Å². The maximum absolute atomic E-state index is 12.9. The smallest absolute Gasteiger partial charge is 0.241 e. The molecular formula is C22H29N5O3. The number of carbonyl (C=O) groups excluding carboxylic acids is 1. The van der Waals surface area contributed by atoms with Crippen LogP contribution in [0.4, 0.5) is 0 Å². The van der Waals surface area contributed by atoms with Crippen molar-refractivity contribution >= 4 is 5.91 Å². The van der Waals surface area contributed by atoms with Gasteiger partial charge in [-0.3, -0.25) is 20.1 Å². The summed E-state index contributed by atoms with van der Waals surface area (Å²) >= 11 is 0. The standard InChI is InChI=1S/C22H29N5O3/c1-29-19-6-4-7-20(14-19)30-16-18-13-21(25-24-18)22(28)27-11-9-26(10-12-27)15-17-5-2-3-8-23-17/h2-8,14,18,21,24-25H,9-13,15-16H2,1H3. The van der Waals surface area contributed by atoms with E-state index in [-0.39, 0.29) is 18.0 Å². The first kappa shape index (κ1) is 20.6. The van der Waals surface area contributed by atoms with Crippen LogP contribution in [0.3, 0.4) is 0 Å². The third-order valence-corrected chi connectivity index (χ3v) is 5.57. The average molecular weight is 412 g/mol. The zero-order chi connectivity index (χ0) is 20.8. The molecule has 8 nitrogen and oxygen atoms in total. The molecule has 2 N–H and O–H groups in total. The molecule has 2 aliphatic rings. The number of pyridine rings is 1. The van der Waals surface area contributed by atoms with E-state index in [9.17, 15) is 4.79 Å². The van der Waals surface area contributed by atoms with Gasteiger partial charge in [-0.1, -0.05) is 12.1 Å². The van der Waals surface area contributed by atoms with Crippen molar-refractivity contribution in [2.75, 3.05) is 39.9 Å². The van der Waals surface area contributed by atoms with Gasteiger partial charge in [0.1, 0.15) is 24.1 Å². The van der Waals surface area contributed by atoms with Gasteiger partial charge in [0.05, 0.1) is 18.8 Å². The van der Waals surface area contributed by atoms with Gasteiger partial charge in [-0.25, -0.2) is 5.43 Å². The van der Waals surface area contributed by atoms with Gasteiger partial charge in [0.2, 0.25) is 5.91 Å². The number of rotatable bonds is 7. The second-order valence-corrected chi connectivity index (χ2v) is 7.69. The minimum absolute atomic E-state index is 0.0793. The molecule has 0 spiro atoms. The number of aromatic nitrogens is 1. The van der Waals surface area contributed by atoms with E-state index in [0.29, 0.717) is 13.0 Å². The molecule has 160 valence electrons. The van der Waals surface area contributed by atoms with Crippen LogP contribution in [-0.4, -0.2) is 72.7 Å². The summed E-state index contributed by atoms with van der Waals surface area (Å²) in [6, 6.07) is 13.4. The van der Waals surface area contributed by atoms with Crippen molar-refractivity contribution in [3.63, 3.8) is 0 Å². The van der Waals surface area contributed by atoms with Gasteiger partial charge < -0.3 is 14.4 Å². The van der Waals surface area contributed by atoms with Gasteiger partial charge in [0.15, 0.2) is 0 Å². The lowest BCUT2D eigenvalue weighted by Gasteiger charge is -2.35. The van der Waals surface area contributed by atoms with Crippen molar-refractivity contribution in [3.8, 4) is 11.5 Å². The lowest BCUT2D eigenvalue weighted by Crippen LogP contribution is -2.53. The van der Waals surface area contributed by atoms with Crippen molar-refractivity contribution in [1.29, 1.82) is 0 Å². The molecule has 1 aromatic carbocycles. The molecular weight excluding hydrogens is 382 g/mol. The molecule has 0 saturated carbocycles. The van der Waals surface area contributed by atoms with E-state index in [4.69, 9.17) is 9.47 Å². The fourth-order valence-electron chi connectivity index (χ4n) is 3.85. The Hall–Kier alpha value is -2.68. The molecule has 1 amide bonds. The average Bonchev–Trinajstić information content (AvgIpc) is 3.28. The summed E-state index contributed by atoms with van der Waals surface area (Å²) in [4.78, 5) is 21.6. The highest BCUT2D eigenvalue weighted by molar-refractivity contribution is 5.82. The topological polar surface area (TPSA) is 79.0 Å². The molecule has 0 bridgehead atoms. The van der Waals surface area contributed by atoms with Gasteiger partial charge >= 0.3 is 0 Å². The van der Waals surface area contributed by atoms with Crippen LogP contribution in [0.2, 0.25) is 0 Å². The second-order valence-electron chi connectivity index (χ2n) is 7.69. The van der Waals surface area contributed by atoms with E-state index < -0.39 is 0 Å². The normalized spacial score (nSPS) is 22.1. The van der Waals surface area contributed by atoms with Gasteiger partial charge in [-0.15, -0.1) is 0 Å². The van der Waals surface area contributed by atoms with Crippen molar-refractivity contribution in [1.82, 2.24) is 25.6 Å². The van der Waals surface area contributed by atoms with E-state index in [0.717, 1.165) is 49.9 Å². The maximum atomic E-state index is 12.9. The summed E-state index contributed by atoms with van der Waals surface area (Å²) in [5, 5.41) is 0. The first-order valence-corrected chi connectivity index (χ1v) is 10.4. The van der Waals surface area contributed by atoms with Crippen LogP contribution in [0.5, 0.6) is 11.5 Å². The molecule has 3 heterocycles. The monoisotopic (exact) mass is 411 g/mol. The van der Waals surface area contributed by atoms with Crippen molar-refractivity contribution < 1.29 is 14.3 Å². The predicted octanol–water partition coefficient (Wildman–Crippen LogP) is 1.05. The molecule has 0 radical (unpaired) electrons. The predicted molar refractivity (Wildman–Crippen MR) is 113 cm³/mol. The number of carbonyl (C=O) groups is 1. The summed E-state index contributed by atoms with van der Waals surface area (Å²) in [5.41, 5.74) is 7.41. The molecule has 8 heteroatoms. The molecule has 2 aliphatic heterocycles. The highest BCUT2D eigenvalue weighted by atomic mass is 16.5. The van der Waals surface area contributed by atoms with E-state index in [1.807, 2.05) is 53.6 Å². The van der Waals surface area contributed by atoms with Crippen LogP contribution in [0.25, 0.3) is 0 Å². The molecule has 30 heavy (non-hydrogen) atoms. The van der Waals surface area contributed by atoms with Crippen molar-refractivity contribution in [3.05, 3.63) is 54.4 Å². The highest BCUT2D eigenvalue weighted by Crippen LogP contribution is 2.20. The number of methoxy groups -OCH3 is 1. The number of nitrogens with one attached hydrogen (secondary N) is 2. The molecule has 2 saturated heterocycles. The zero-order valence-electron chi connectivity index (χ0n) is 17.3. The Bertz CT molecular complexity index is 827. The lowest BCUT2D eigenvalue weighted by molar-refractivity contribution is -0.135. The Morgan fingerprint density at radius 3 is 2.70 bits per heavy atom. The number of piperazine rings is 1. The number of benzene rings is 1. The fourth-order valence-corrected chi connectivity index (χ4v) is 3.85. The minimum Gasteiger partial charge on any atom is -0.497 e. The van der Waals surface area contributed by atoms with E-state index in [2.05, 4.69) is 20.7 Å². The SMILES string of the molecule is COc1cccc(OCC2CC(C(=O)N3CCN(Cc4ccccn4)CC3)NN2)c1. The number of hydrogen-bond donors (Lipinski definition) is 2. The zero-order valence-corrected chi connectivity index (χ0v) is 17.3. The van der Waals surface area contributed by atoms with Gasteiger partial charge in [0, 0.05) is 45.0 Å². The van der Waals surface area contributed by atoms with Crippen molar-refractivity contribution in [2.45, 2.75) is 25.0 Å². The molecule has 2 fully saturated rings. The summed E-state index contributed by atoms with van der Waals surface area (Å²) in [6.07, 6.45) is 2.53. The lowest BCUT2D eigenvalue weighted by atomic mass is 10.1. The number of hydrogen-bond acceptors (Lipinski definition) is 7. The van der Waals surface area contributed by atoms with Gasteiger partial charge in [-0.2, -0.15) is 0 Å². The van der Waals surface area contributed by atoms with Crippen LogP contribution >= 0.6 is 0 Å². The first-order valence-electron chi connectivity index (χ1n) is 10.4. The minimum atomic E-state index is -0.216. The van der Waals surface area contributed by atoms with E-state index in [1.165, 1.54) is 0 Å². The molecule has 2 aromatic rings. The molecule has 1 aromatic heterocycles. The van der Waals surface area contributed by atoms with Crippen molar-refractivity contribution in [2.24, 2.45) is 0 Å². The number of ether oxygens (including phenoxy) is 2. The summed E-state index contributed by atoms with van der Waals surface area (Å²) in [7, 11) is 1.64. The fraction of sp³-hybridized carbons (Fsp3) is 0.455. The van der Waals surface area contributed by atoms with E-state index >= 15 is 0 Å². The Balaban J connectivity index is 1.20. The Morgan fingerprint density at radius 1 is 1.10 bits per heavy atom. The molecule has 2 atom stereocenters. The molecule has 2 unspecified atom stereocenters. The summed E-state index contributed by atoms with van der Waals surface area (Å²) in [6.45, 7) is 4.54. The maximum Gasteiger partial charge on any atom is 0.241 e. The summed E-state index contributed by atoms with van der Waals surface area (Å²) in [5.74, 6) is 1.68. The number of amides is 1.